The predicted octanol–water partition coefficient (Wildman–Crippen LogP) is -4.04. The fraction of sp³-hybridized carbons (Fsp3) is 0.571. The first-order valence-corrected chi connectivity index (χ1v) is 12.0. The highest BCUT2D eigenvalue weighted by atomic mass is 15.7. The summed E-state index contributed by atoms with van der Waals surface area (Å²) in [5.41, 5.74) is 0. The van der Waals surface area contributed by atoms with Crippen LogP contribution in [0.1, 0.15) is 0 Å². The van der Waals surface area contributed by atoms with Crippen molar-refractivity contribution in [1.82, 2.24) is 46.6 Å². The summed E-state index contributed by atoms with van der Waals surface area (Å²) in [5.74, 6) is 1.29. The van der Waals surface area contributed by atoms with E-state index in [1.165, 1.54) is 0 Å². The van der Waals surface area contributed by atoms with Crippen LogP contribution in [0.25, 0.3) is 14.5 Å². The molecule has 7 aliphatic heterocycles. The molecule has 6 N–H and O–H groups in total. The molecule has 0 bridgehead atoms. The van der Waals surface area contributed by atoms with Gasteiger partial charge in [-0.15, -0.1) is 0 Å². The molecule has 0 amide bonds. The third-order valence-electron chi connectivity index (χ3n) is 7.65. The molecule has 0 radical (unpaired) electrons. The number of nitrogens with one attached hydrogen (secondary N) is 6. The molecule has 0 saturated carbocycles. The molecule has 7 rings (SSSR count). The van der Waals surface area contributed by atoms with Crippen molar-refractivity contribution in [3.63, 3.8) is 0 Å². The molecular weight excluding hydrogens is 504 g/mol. The largest absolute Gasteiger partial charge is 0.368 e. The fourth-order valence-electron chi connectivity index (χ4n) is 5.92. The number of fused-ring (bicyclic) bond motifs is 12. The van der Waals surface area contributed by atoms with Crippen molar-refractivity contribution >= 4 is 17.9 Å². The van der Waals surface area contributed by atoms with Crippen molar-refractivity contribution in [1.29, 1.82) is 15.8 Å². The molecule has 4 fully saturated rings. The second-order valence-corrected chi connectivity index (χ2v) is 9.61. The van der Waals surface area contributed by atoms with Crippen LogP contribution in [-0.4, -0.2) is 106 Å². The van der Waals surface area contributed by atoms with E-state index in [9.17, 15) is 15.8 Å². The van der Waals surface area contributed by atoms with E-state index in [0.717, 1.165) is 0 Å². The van der Waals surface area contributed by atoms with Gasteiger partial charge in [0.25, 0.3) is 0 Å². The molecule has 12 atom stereocenters. The van der Waals surface area contributed by atoms with E-state index in [4.69, 9.17) is 34.7 Å². The lowest BCUT2D eigenvalue weighted by molar-refractivity contribution is 0.159. The normalized spacial score (nSPS) is 44.5. The summed E-state index contributed by atoms with van der Waals surface area (Å²) in [6.07, 6.45) is -6.08. The average molecular weight is 523 g/mol. The smallest absolute Gasteiger partial charge is 0.293 e. The third kappa shape index (κ3) is 3.01. The van der Waals surface area contributed by atoms with Crippen LogP contribution in [0.3, 0.4) is 0 Å². The number of hydrogen-bond donors (Lipinski definition) is 6. The molecule has 0 aliphatic carbocycles. The Hall–Kier alpha value is -4.89. The van der Waals surface area contributed by atoms with Gasteiger partial charge in [-0.1, -0.05) is 0 Å². The van der Waals surface area contributed by atoms with E-state index in [2.05, 4.69) is 64.6 Å². The summed E-state index contributed by atoms with van der Waals surface area (Å²) in [7, 11) is 0. The zero-order chi connectivity index (χ0) is 27.0. The van der Waals surface area contributed by atoms with Gasteiger partial charge >= 0.3 is 18.5 Å². The Labute approximate surface area is 221 Å². The quantitative estimate of drug-likeness (QED) is 0.168. The summed E-state index contributed by atoms with van der Waals surface area (Å²) in [5, 5.41) is 48.1. The maximum Gasteiger partial charge on any atom is 0.368 e. The van der Waals surface area contributed by atoms with Crippen molar-refractivity contribution in [3.05, 3.63) is 34.3 Å². The van der Waals surface area contributed by atoms with Crippen molar-refractivity contribution in [2.45, 2.75) is 73.6 Å². The number of nitriles is 3. The Morgan fingerprint density at radius 3 is 1.41 bits per heavy atom. The Morgan fingerprint density at radius 2 is 0.923 bits per heavy atom. The van der Waals surface area contributed by atoms with Gasteiger partial charge in [0.2, 0.25) is 17.9 Å². The van der Waals surface area contributed by atoms with Crippen LogP contribution in [0.2, 0.25) is 0 Å². The van der Waals surface area contributed by atoms with E-state index in [1.54, 1.807) is 0 Å². The highest BCUT2D eigenvalue weighted by Gasteiger charge is 2.63. The number of guanidine groups is 3. The topological polar surface area (TPSA) is 203 Å². The summed E-state index contributed by atoms with van der Waals surface area (Å²) in [4.78, 5) is 30.7. The van der Waals surface area contributed by atoms with Gasteiger partial charge in [0, 0.05) is 0 Å². The lowest BCUT2D eigenvalue weighted by atomic mass is 10.1. The zero-order valence-corrected chi connectivity index (χ0v) is 19.8. The maximum absolute atomic E-state index is 9.71. The van der Waals surface area contributed by atoms with Crippen LogP contribution in [0.5, 0.6) is 0 Å². The Morgan fingerprint density at radius 1 is 0.538 bits per heavy atom. The lowest BCUT2D eigenvalue weighted by Crippen LogP contribution is -2.77. The summed E-state index contributed by atoms with van der Waals surface area (Å²) >= 11 is 0. The Kier molecular flexibility index (Phi) is 4.95. The summed E-state index contributed by atoms with van der Waals surface area (Å²) < 4.78 is 0. The molecule has 0 aromatic heterocycles. The van der Waals surface area contributed by atoms with E-state index in [0.29, 0.717) is 17.9 Å². The van der Waals surface area contributed by atoms with Gasteiger partial charge in [0.15, 0.2) is 6.04 Å². The molecule has 7 aliphatic rings. The molecule has 4 saturated heterocycles. The number of piperazine rings is 3. The number of aliphatic imine (C=N–C) groups is 3. The SMILES string of the molecule is [C-]#[N+]C1NC2N=C3N(C4=NC5NC(C#N)C(C#N)NC5N4C4=NC5NC([N+]#[C-])C([N+]#[C-])NC5N43)C2NC1C#N. The van der Waals surface area contributed by atoms with Gasteiger partial charge in [-0.05, 0) is 0 Å². The van der Waals surface area contributed by atoms with E-state index < -0.39 is 73.6 Å². The van der Waals surface area contributed by atoms with Gasteiger partial charge in [-0.25, -0.2) is 50.6 Å². The predicted molar refractivity (Wildman–Crippen MR) is 129 cm³/mol. The van der Waals surface area contributed by atoms with Crippen molar-refractivity contribution in [2.75, 3.05) is 0 Å². The molecule has 7 heterocycles. The van der Waals surface area contributed by atoms with E-state index in [1.807, 2.05) is 14.7 Å². The zero-order valence-electron chi connectivity index (χ0n) is 19.8. The van der Waals surface area contributed by atoms with Crippen LogP contribution in [0, 0.1) is 53.7 Å². The fourth-order valence-corrected chi connectivity index (χ4v) is 5.92. The molecule has 192 valence electrons. The highest BCUT2D eigenvalue weighted by Crippen LogP contribution is 2.37. The van der Waals surface area contributed by atoms with Gasteiger partial charge < -0.3 is 0 Å². The minimum atomic E-state index is -0.836. The molecule has 39 heavy (non-hydrogen) atoms. The monoisotopic (exact) mass is 522 g/mol. The lowest BCUT2D eigenvalue weighted by Gasteiger charge is -2.47. The molecule has 18 heteroatoms. The first-order chi connectivity index (χ1) is 19.0. The van der Waals surface area contributed by atoms with Crippen LogP contribution in [0.15, 0.2) is 15.0 Å². The summed E-state index contributed by atoms with van der Waals surface area (Å²) in [6, 6.07) is 3.91. The van der Waals surface area contributed by atoms with Gasteiger partial charge in [-0.2, -0.15) is 15.8 Å². The first kappa shape index (κ1) is 23.2. The Balaban J connectivity index is 1.34. The van der Waals surface area contributed by atoms with Gasteiger partial charge in [-0.3, -0.25) is 45.2 Å². The van der Waals surface area contributed by atoms with Crippen molar-refractivity contribution < 1.29 is 0 Å². The number of nitrogens with zero attached hydrogens (tertiary/aromatic N) is 12. The third-order valence-corrected chi connectivity index (χ3v) is 7.65. The minimum absolute atomic E-state index is 0.427. The molecule has 0 aromatic carbocycles. The average Bonchev–Trinajstić information content (AvgIpc) is 3.64. The Bertz CT molecular complexity index is 1280. The second-order valence-electron chi connectivity index (χ2n) is 9.61. The molecule has 0 aromatic rings. The van der Waals surface area contributed by atoms with Crippen LogP contribution >= 0.6 is 0 Å². The number of hydrogen-bond acceptors (Lipinski definition) is 15. The van der Waals surface area contributed by atoms with Crippen molar-refractivity contribution in [2.24, 2.45) is 15.0 Å². The molecule has 0 spiro atoms. The van der Waals surface area contributed by atoms with Crippen LogP contribution in [-0.2, 0) is 0 Å². The van der Waals surface area contributed by atoms with E-state index >= 15 is 0 Å². The van der Waals surface area contributed by atoms with Crippen LogP contribution in [0.4, 0.5) is 0 Å². The van der Waals surface area contributed by atoms with E-state index in [-0.39, 0.29) is 0 Å². The van der Waals surface area contributed by atoms with Crippen molar-refractivity contribution in [3.8, 4) is 18.2 Å². The minimum Gasteiger partial charge on any atom is -0.293 e. The summed E-state index contributed by atoms with van der Waals surface area (Å²) in [6.45, 7) is 22.6. The second kappa shape index (κ2) is 8.31. The van der Waals surface area contributed by atoms with Crippen LogP contribution < -0.4 is 31.9 Å². The molecule has 12 unspecified atom stereocenters. The standard InChI is InChI=1S/C21H18N18/c1-25-10-9(6-24)30-17-14(31-10)35-20-38(17)19-34-13-16(29-8(5-23)7(4-22)28-13)37(19)21-36-15-18(39(20)21)33-12(27-3)11(26-2)32-15/h7-18,28-33H. The van der Waals surface area contributed by atoms with Gasteiger partial charge in [0.05, 0.1) is 18.2 Å². The number of rotatable bonds is 0. The molecular formula is C21H18N18. The highest BCUT2D eigenvalue weighted by molar-refractivity contribution is 6.19. The maximum atomic E-state index is 9.71. The van der Waals surface area contributed by atoms with Gasteiger partial charge in [0.1, 0.15) is 49.1 Å². The molecule has 18 nitrogen and oxygen atoms in total. The first-order valence-electron chi connectivity index (χ1n) is 12.0.